The van der Waals surface area contributed by atoms with E-state index in [4.69, 9.17) is 15.5 Å². The number of hydrogen-bond donors (Lipinski definition) is 1. The number of hydrogen-bond acceptors (Lipinski definition) is 7. The molecule has 4 rings (SSSR count). The molecule has 0 fully saturated rings. The summed E-state index contributed by atoms with van der Waals surface area (Å²) in [7, 11) is 0. The van der Waals surface area contributed by atoms with Crippen LogP contribution in [-0.2, 0) is 16.0 Å². The molecule has 0 bridgehead atoms. The van der Waals surface area contributed by atoms with Crippen LogP contribution in [0.25, 0.3) is 5.00 Å². The van der Waals surface area contributed by atoms with Gasteiger partial charge in [0.1, 0.15) is 22.5 Å². The molecule has 35 heavy (non-hydrogen) atoms. The molecule has 1 aliphatic heterocycles. The Labute approximate surface area is 210 Å². The number of fused-ring (bicyclic) bond motifs is 3. The van der Waals surface area contributed by atoms with Crippen molar-refractivity contribution in [2.45, 2.75) is 72.4 Å². The van der Waals surface area contributed by atoms with Crippen LogP contribution in [0.1, 0.15) is 78.4 Å². The van der Waals surface area contributed by atoms with E-state index >= 15 is 0 Å². The number of ether oxygens (including phenoxy) is 1. The highest BCUT2D eigenvalue weighted by atomic mass is 32.1. The average molecular weight is 492 g/mol. The second-order valence-corrected chi connectivity index (χ2v) is 11.1. The van der Waals surface area contributed by atoms with Gasteiger partial charge in [-0.2, -0.15) is 0 Å². The van der Waals surface area contributed by atoms with Gasteiger partial charge in [0.15, 0.2) is 5.82 Å². The predicted octanol–water partition coefficient (Wildman–Crippen LogP) is 5.28. The van der Waals surface area contributed by atoms with Crippen LogP contribution in [0, 0.1) is 20.8 Å². The highest BCUT2D eigenvalue weighted by molar-refractivity contribution is 7.15. The van der Waals surface area contributed by atoms with Gasteiger partial charge in [0.2, 0.25) is 0 Å². The van der Waals surface area contributed by atoms with Gasteiger partial charge in [-0.05, 0) is 71.7 Å². The maximum absolute atomic E-state index is 12.8. The fraction of sp³-hybridized carbons (Fsp3) is 0.407. The van der Waals surface area contributed by atoms with Crippen molar-refractivity contribution in [1.29, 1.82) is 0 Å². The zero-order valence-corrected chi connectivity index (χ0v) is 22.1. The first-order valence-electron chi connectivity index (χ1n) is 11.9. The molecule has 0 amide bonds. The molecule has 2 aromatic heterocycles. The second kappa shape index (κ2) is 9.77. The summed E-state index contributed by atoms with van der Waals surface area (Å²) in [6, 6.07) is 7.99. The summed E-state index contributed by atoms with van der Waals surface area (Å²) < 4.78 is 7.69. The van der Waals surface area contributed by atoms with E-state index in [1.165, 1.54) is 16.0 Å². The minimum Gasteiger partial charge on any atom is -0.460 e. The number of aliphatic imine (C=N–C) groups is 1. The summed E-state index contributed by atoms with van der Waals surface area (Å²) in [5.41, 5.74) is 10.3. The number of carbonyl (C=O) groups is 1. The molecule has 0 spiro atoms. The molecule has 0 aliphatic carbocycles. The first-order valence-corrected chi connectivity index (χ1v) is 12.7. The molecule has 1 aromatic carbocycles. The number of esters is 1. The first kappa shape index (κ1) is 24.9. The number of nitrogens with zero attached hydrogens (tertiary/aromatic N) is 4. The molecule has 0 saturated heterocycles. The summed E-state index contributed by atoms with van der Waals surface area (Å²) >= 11 is 1.70. The Hall–Kier alpha value is -3.26. The Morgan fingerprint density at radius 1 is 1.17 bits per heavy atom. The van der Waals surface area contributed by atoms with Crippen LogP contribution >= 0.6 is 11.3 Å². The number of allylic oxidation sites excluding steroid dienone is 1. The molecule has 0 saturated carbocycles. The third kappa shape index (κ3) is 5.22. The summed E-state index contributed by atoms with van der Waals surface area (Å²) in [5, 5.41) is 9.84. The maximum Gasteiger partial charge on any atom is 0.308 e. The smallest absolute Gasteiger partial charge is 0.308 e. The Kier molecular flexibility index (Phi) is 6.94. The first-order chi connectivity index (χ1) is 16.6. The standard InChI is InChI=1S/C27H33N5O2S/c1-16-17(2)35-26-23(16)24(20-12-10-19(11-13-20)9-7-8-14-28)29-21(15-22(33)34-27(4,5)6)25-31-30-18(3)32(25)26/h8,10-14,21H,7,9,15,28H2,1-6H3. The van der Waals surface area contributed by atoms with Gasteiger partial charge in [-0.15, -0.1) is 21.5 Å². The molecule has 8 heteroatoms. The van der Waals surface area contributed by atoms with E-state index in [0.717, 1.165) is 40.5 Å². The molecule has 2 N–H and O–H groups in total. The van der Waals surface area contributed by atoms with Crippen molar-refractivity contribution in [1.82, 2.24) is 14.8 Å². The molecule has 0 radical (unpaired) electrons. The number of carbonyl (C=O) groups excluding carboxylic acids is 1. The lowest BCUT2D eigenvalue weighted by Gasteiger charge is -2.21. The maximum atomic E-state index is 12.8. The molecule has 3 aromatic rings. The normalized spacial score (nSPS) is 15.5. The van der Waals surface area contributed by atoms with E-state index in [1.807, 2.05) is 33.8 Å². The lowest BCUT2D eigenvalue weighted by atomic mass is 9.98. The monoisotopic (exact) mass is 491 g/mol. The molecule has 1 unspecified atom stereocenters. The summed E-state index contributed by atoms with van der Waals surface area (Å²) in [6.07, 6.45) is 5.46. The molecular formula is C27H33N5O2S. The minimum absolute atomic E-state index is 0.0926. The summed E-state index contributed by atoms with van der Waals surface area (Å²) in [5.74, 6) is 1.13. The number of benzene rings is 1. The van der Waals surface area contributed by atoms with Gasteiger partial charge in [-0.3, -0.25) is 14.4 Å². The van der Waals surface area contributed by atoms with Crippen molar-refractivity contribution >= 4 is 23.0 Å². The van der Waals surface area contributed by atoms with E-state index < -0.39 is 11.6 Å². The quantitative estimate of drug-likeness (QED) is 0.473. The number of nitrogens with two attached hydrogens (primary N) is 1. The Morgan fingerprint density at radius 3 is 2.54 bits per heavy atom. The van der Waals surface area contributed by atoms with E-state index in [0.29, 0.717) is 5.82 Å². The zero-order chi connectivity index (χ0) is 25.3. The molecule has 184 valence electrons. The topological polar surface area (TPSA) is 95.4 Å². The van der Waals surface area contributed by atoms with E-state index in [9.17, 15) is 4.79 Å². The highest BCUT2D eigenvalue weighted by Gasteiger charge is 2.33. The molecule has 7 nitrogen and oxygen atoms in total. The molecule has 1 aliphatic rings. The fourth-order valence-electron chi connectivity index (χ4n) is 4.24. The van der Waals surface area contributed by atoms with Crippen LogP contribution in [0.2, 0.25) is 0 Å². The van der Waals surface area contributed by atoms with Gasteiger partial charge in [0.25, 0.3) is 0 Å². The van der Waals surface area contributed by atoms with Crippen LogP contribution in [0.4, 0.5) is 0 Å². The van der Waals surface area contributed by atoms with Crippen LogP contribution < -0.4 is 5.73 Å². The van der Waals surface area contributed by atoms with Gasteiger partial charge in [-0.25, -0.2) is 0 Å². The Balaban J connectivity index is 1.82. The van der Waals surface area contributed by atoms with Crippen LogP contribution in [0.5, 0.6) is 0 Å². The van der Waals surface area contributed by atoms with Crippen LogP contribution in [0.3, 0.4) is 0 Å². The van der Waals surface area contributed by atoms with Crippen molar-refractivity contribution in [3.05, 3.63) is 75.3 Å². The third-order valence-electron chi connectivity index (χ3n) is 5.98. The van der Waals surface area contributed by atoms with Crippen molar-refractivity contribution < 1.29 is 9.53 Å². The van der Waals surface area contributed by atoms with E-state index in [1.54, 1.807) is 17.5 Å². The lowest BCUT2D eigenvalue weighted by Crippen LogP contribution is -2.25. The van der Waals surface area contributed by atoms with Crippen molar-refractivity contribution in [2.75, 3.05) is 0 Å². The summed E-state index contributed by atoms with van der Waals surface area (Å²) in [6.45, 7) is 11.8. The van der Waals surface area contributed by atoms with Crippen LogP contribution in [-0.4, -0.2) is 32.0 Å². The fourth-order valence-corrected chi connectivity index (χ4v) is 5.46. The van der Waals surface area contributed by atoms with Crippen LogP contribution in [0.15, 0.2) is 41.5 Å². The molecule has 3 heterocycles. The SMILES string of the molecule is Cc1sc2c(c1C)C(c1ccc(CCC=CN)cc1)=NC(CC(=O)OC(C)(C)C)c1nnc(C)n1-2. The lowest BCUT2D eigenvalue weighted by molar-refractivity contribution is -0.155. The number of aromatic nitrogens is 3. The molecule has 1 atom stereocenters. The average Bonchev–Trinajstić information content (AvgIpc) is 3.25. The summed E-state index contributed by atoms with van der Waals surface area (Å²) in [4.78, 5) is 19.2. The van der Waals surface area contributed by atoms with Gasteiger partial charge in [-0.1, -0.05) is 30.3 Å². The Morgan fingerprint density at radius 2 is 1.89 bits per heavy atom. The van der Waals surface area contributed by atoms with E-state index in [-0.39, 0.29) is 12.4 Å². The number of rotatable bonds is 6. The second-order valence-electron chi connectivity index (χ2n) is 9.85. The van der Waals surface area contributed by atoms with Crippen molar-refractivity contribution in [3.63, 3.8) is 0 Å². The number of aryl methyl sites for hydroxylation is 3. The van der Waals surface area contributed by atoms with Gasteiger partial charge >= 0.3 is 5.97 Å². The van der Waals surface area contributed by atoms with Gasteiger partial charge < -0.3 is 10.5 Å². The number of thiophene rings is 1. The molecular weight excluding hydrogens is 458 g/mol. The highest BCUT2D eigenvalue weighted by Crippen LogP contribution is 2.39. The van der Waals surface area contributed by atoms with Gasteiger partial charge in [0, 0.05) is 16.0 Å². The van der Waals surface area contributed by atoms with E-state index in [2.05, 4.69) is 52.9 Å². The Bertz CT molecular complexity index is 1290. The van der Waals surface area contributed by atoms with Crippen molar-refractivity contribution in [3.8, 4) is 5.00 Å². The van der Waals surface area contributed by atoms with Gasteiger partial charge in [0.05, 0.1) is 12.1 Å². The zero-order valence-electron chi connectivity index (χ0n) is 21.3. The van der Waals surface area contributed by atoms with Crippen molar-refractivity contribution in [2.24, 2.45) is 10.7 Å². The predicted molar refractivity (Wildman–Crippen MR) is 140 cm³/mol. The minimum atomic E-state index is -0.570. The third-order valence-corrected chi connectivity index (χ3v) is 7.18. The largest absolute Gasteiger partial charge is 0.460 e.